The molecule has 0 radical (unpaired) electrons. The number of pyridine rings is 1. The molecule has 1 fully saturated rings. The maximum absolute atomic E-state index is 12.4. The minimum absolute atomic E-state index is 0.191. The van der Waals surface area contributed by atoms with Gasteiger partial charge in [-0.15, -0.1) is 0 Å². The summed E-state index contributed by atoms with van der Waals surface area (Å²) in [5.41, 5.74) is 1.14. The van der Waals surface area contributed by atoms with Gasteiger partial charge in [0.1, 0.15) is 0 Å². The van der Waals surface area contributed by atoms with Gasteiger partial charge < -0.3 is 9.42 Å². The molecule has 2 aromatic heterocycles. The van der Waals surface area contributed by atoms with E-state index < -0.39 is 0 Å². The minimum Gasteiger partial charge on any atom is -0.342 e. The van der Waals surface area contributed by atoms with Crippen LogP contribution in [-0.4, -0.2) is 39.0 Å². The first kappa shape index (κ1) is 14.7. The Balaban J connectivity index is 1.56. The third-order valence-corrected chi connectivity index (χ3v) is 4.06. The SMILES string of the molecule is Cc1nc([C@H]2CCCN(C(=O)CCc3ccncc3)C2)no1. The number of aromatic nitrogens is 3. The third kappa shape index (κ3) is 3.50. The van der Waals surface area contributed by atoms with E-state index in [-0.39, 0.29) is 11.8 Å². The summed E-state index contributed by atoms with van der Waals surface area (Å²) >= 11 is 0. The van der Waals surface area contributed by atoms with Crippen molar-refractivity contribution in [1.29, 1.82) is 0 Å². The Bertz CT molecular complexity index is 626. The first-order chi connectivity index (χ1) is 10.7. The molecule has 3 heterocycles. The molecule has 1 aliphatic rings. The third-order valence-electron chi connectivity index (χ3n) is 4.06. The molecule has 22 heavy (non-hydrogen) atoms. The number of hydrogen-bond acceptors (Lipinski definition) is 5. The highest BCUT2D eigenvalue weighted by Crippen LogP contribution is 2.25. The fourth-order valence-corrected chi connectivity index (χ4v) is 2.85. The van der Waals surface area contributed by atoms with Crippen molar-refractivity contribution in [2.75, 3.05) is 13.1 Å². The van der Waals surface area contributed by atoms with Gasteiger partial charge in [-0.1, -0.05) is 5.16 Å². The summed E-state index contributed by atoms with van der Waals surface area (Å²) in [7, 11) is 0. The lowest BCUT2D eigenvalue weighted by atomic mass is 9.97. The van der Waals surface area contributed by atoms with Crippen LogP contribution in [0.5, 0.6) is 0 Å². The van der Waals surface area contributed by atoms with E-state index in [0.29, 0.717) is 18.9 Å². The van der Waals surface area contributed by atoms with Crippen LogP contribution in [0, 0.1) is 6.92 Å². The van der Waals surface area contributed by atoms with Gasteiger partial charge in [0.15, 0.2) is 5.82 Å². The number of amides is 1. The zero-order valence-corrected chi connectivity index (χ0v) is 12.7. The van der Waals surface area contributed by atoms with E-state index in [0.717, 1.165) is 37.2 Å². The predicted molar refractivity (Wildman–Crippen MR) is 80.1 cm³/mol. The molecule has 0 saturated carbocycles. The predicted octanol–water partition coefficient (Wildman–Crippen LogP) is 2.11. The van der Waals surface area contributed by atoms with Crippen LogP contribution in [-0.2, 0) is 11.2 Å². The molecule has 1 saturated heterocycles. The fraction of sp³-hybridized carbons (Fsp3) is 0.500. The molecule has 1 atom stereocenters. The molecule has 1 aliphatic heterocycles. The number of piperidine rings is 1. The van der Waals surface area contributed by atoms with Crippen LogP contribution >= 0.6 is 0 Å². The lowest BCUT2D eigenvalue weighted by Crippen LogP contribution is -2.39. The zero-order chi connectivity index (χ0) is 15.4. The lowest BCUT2D eigenvalue weighted by Gasteiger charge is -2.31. The Morgan fingerprint density at radius 2 is 2.23 bits per heavy atom. The summed E-state index contributed by atoms with van der Waals surface area (Å²) in [5, 5.41) is 4.00. The number of nitrogens with zero attached hydrogens (tertiary/aromatic N) is 4. The van der Waals surface area contributed by atoms with Crippen molar-refractivity contribution >= 4 is 5.91 Å². The van der Waals surface area contributed by atoms with Crippen molar-refractivity contribution in [3.8, 4) is 0 Å². The highest BCUT2D eigenvalue weighted by atomic mass is 16.5. The number of rotatable bonds is 4. The number of hydrogen-bond donors (Lipinski definition) is 0. The van der Waals surface area contributed by atoms with Crippen LogP contribution in [0.1, 0.15) is 42.5 Å². The van der Waals surface area contributed by atoms with Gasteiger partial charge >= 0.3 is 0 Å². The van der Waals surface area contributed by atoms with Gasteiger partial charge in [-0.3, -0.25) is 9.78 Å². The van der Waals surface area contributed by atoms with Crippen LogP contribution in [0.25, 0.3) is 0 Å². The highest BCUT2D eigenvalue weighted by Gasteiger charge is 2.27. The quantitative estimate of drug-likeness (QED) is 0.864. The van der Waals surface area contributed by atoms with Crippen molar-refractivity contribution in [3.05, 3.63) is 41.8 Å². The van der Waals surface area contributed by atoms with Gasteiger partial charge in [0, 0.05) is 44.7 Å². The van der Waals surface area contributed by atoms with E-state index in [1.807, 2.05) is 17.0 Å². The second-order valence-electron chi connectivity index (χ2n) is 5.71. The molecule has 0 aromatic carbocycles. The van der Waals surface area contributed by atoms with Gasteiger partial charge in [0.2, 0.25) is 11.8 Å². The standard InChI is InChI=1S/C16H20N4O2/c1-12-18-16(19-22-12)14-3-2-10-20(11-14)15(21)5-4-13-6-8-17-9-7-13/h6-9,14H,2-5,10-11H2,1H3/t14-/m0/s1. The van der Waals surface area contributed by atoms with Crippen LogP contribution in [0.3, 0.4) is 0 Å². The molecule has 0 aliphatic carbocycles. The van der Waals surface area contributed by atoms with E-state index >= 15 is 0 Å². The van der Waals surface area contributed by atoms with Crippen molar-refractivity contribution in [2.24, 2.45) is 0 Å². The Kier molecular flexibility index (Phi) is 4.46. The number of carbonyl (C=O) groups excluding carboxylic acids is 1. The Labute approximate surface area is 129 Å². The lowest BCUT2D eigenvalue weighted by molar-refractivity contribution is -0.132. The van der Waals surface area contributed by atoms with Gasteiger partial charge in [-0.25, -0.2) is 0 Å². The molecule has 6 heteroatoms. The van der Waals surface area contributed by atoms with Crippen LogP contribution in [0.15, 0.2) is 29.0 Å². The van der Waals surface area contributed by atoms with Crippen LogP contribution < -0.4 is 0 Å². The summed E-state index contributed by atoms with van der Waals surface area (Å²) in [4.78, 5) is 22.6. The smallest absolute Gasteiger partial charge is 0.223 e. The van der Waals surface area contributed by atoms with Crippen molar-refractivity contribution in [2.45, 2.75) is 38.5 Å². The minimum atomic E-state index is 0.191. The first-order valence-corrected chi connectivity index (χ1v) is 7.69. The molecule has 116 valence electrons. The maximum Gasteiger partial charge on any atom is 0.223 e. The summed E-state index contributed by atoms with van der Waals surface area (Å²) in [6, 6.07) is 3.91. The van der Waals surface area contributed by atoms with E-state index in [2.05, 4.69) is 15.1 Å². The second-order valence-corrected chi connectivity index (χ2v) is 5.71. The molecular weight excluding hydrogens is 280 g/mol. The summed E-state index contributed by atoms with van der Waals surface area (Å²) in [6.45, 7) is 3.30. The van der Waals surface area contributed by atoms with Gasteiger partial charge in [0.25, 0.3) is 0 Å². The molecule has 0 unspecified atom stereocenters. The summed E-state index contributed by atoms with van der Waals surface area (Å²) < 4.78 is 5.05. The molecule has 2 aromatic rings. The largest absolute Gasteiger partial charge is 0.342 e. The van der Waals surface area contributed by atoms with Crippen molar-refractivity contribution < 1.29 is 9.32 Å². The molecule has 0 bridgehead atoms. The average Bonchev–Trinajstić information content (AvgIpc) is 3.00. The summed E-state index contributed by atoms with van der Waals surface area (Å²) in [5.74, 6) is 1.69. The Morgan fingerprint density at radius 1 is 1.41 bits per heavy atom. The Morgan fingerprint density at radius 3 is 2.95 bits per heavy atom. The van der Waals surface area contributed by atoms with E-state index in [1.54, 1.807) is 19.3 Å². The first-order valence-electron chi connectivity index (χ1n) is 7.69. The fourth-order valence-electron chi connectivity index (χ4n) is 2.85. The molecule has 0 N–H and O–H groups in total. The van der Waals surface area contributed by atoms with E-state index in [4.69, 9.17) is 4.52 Å². The molecule has 3 rings (SSSR count). The average molecular weight is 300 g/mol. The van der Waals surface area contributed by atoms with Crippen LogP contribution in [0.4, 0.5) is 0 Å². The van der Waals surface area contributed by atoms with E-state index in [9.17, 15) is 4.79 Å². The van der Waals surface area contributed by atoms with Gasteiger partial charge in [-0.05, 0) is 37.0 Å². The zero-order valence-electron chi connectivity index (χ0n) is 12.7. The number of carbonyl (C=O) groups is 1. The second kappa shape index (κ2) is 6.68. The number of aryl methyl sites for hydroxylation is 2. The van der Waals surface area contributed by atoms with Crippen LogP contribution in [0.2, 0.25) is 0 Å². The highest BCUT2D eigenvalue weighted by molar-refractivity contribution is 5.76. The normalized spacial score (nSPS) is 18.4. The topological polar surface area (TPSA) is 72.1 Å². The van der Waals surface area contributed by atoms with E-state index in [1.165, 1.54) is 0 Å². The Hall–Kier alpha value is -2.24. The molecule has 0 spiro atoms. The molecule has 6 nitrogen and oxygen atoms in total. The molecule has 1 amide bonds. The van der Waals surface area contributed by atoms with Gasteiger partial charge in [-0.2, -0.15) is 4.98 Å². The number of likely N-dealkylation sites (tertiary alicyclic amines) is 1. The monoisotopic (exact) mass is 300 g/mol. The van der Waals surface area contributed by atoms with Gasteiger partial charge in [0.05, 0.1) is 0 Å². The van der Waals surface area contributed by atoms with Crippen molar-refractivity contribution in [3.63, 3.8) is 0 Å². The molecular formula is C16H20N4O2. The maximum atomic E-state index is 12.4. The summed E-state index contributed by atoms with van der Waals surface area (Å²) in [6.07, 6.45) is 6.79. The van der Waals surface area contributed by atoms with Crippen molar-refractivity contribution in [1.82, 2.24) is 20.0 Å².